The number of thiophene rings is 1. The second-order valence-electron chi connectivity index (χ2n) is 8.56. The largest absolute Gasteiger partial charge is 0.354 e. The normalized spacial score (nSPS) is 10.9. The highest BCUT2D eigenvalue weighted by atomic mass is 32.1. The van der Waals surface area contributed by atoms with Crippen LogP contribution in [0.4, 0.5) is 11.4 Å². The van der Waals surface area contributed by atoms with E-state index in [4.69, 9.17) is 0 Å². The smallest absolute Gasteiger partial charge is 0.103 e. The molecular formula is C29H25N5S. The van der Waals surface area contributed by atoms with Crippen LogP contribution in [0.1, 0.15) is 27.1 Å². The van der Waals surface area contributed by atoms with Crippen LogP contribution in [-0.4, -0.2) is 9.97 Å². The molecule has 2 N–H and O–H groups in total. The zero-order chi connectivity index (χ0) is 24.2. The summed E-state index contributed by atoms with van der Waals surface area (Å²) in [7, 11) is 0. The molecule has 0 bridgehead atoms. The molecule has 35 heavy (non-hydrogen) atoms. The van der Waals surface area contributed by atoms with Crippen LogP contribution in [-0.2, 0) is 13.1 Å². The van der Waals surface area contributed by atoms with E-state index < -0.39 is 0 Å². The first kappa shape index (κ1) is 22.7. The van der Waals surface area contributed by atoms with Gasteiger partial charge in [-0.2, -0.15) is 5.26 Å². The summed E-state index contributed by atoms with van der Waals surface area (Å²) in [5.41, 5.74) is 7.87. The van der Waals surface area contributed by atoms with Crippen molar-refractivity contribution >= 4 is 33.6 Å². The van der Waals surface area contributed by atoms with Gasteiger partial charge < -0.3 is 10.6 Å². The van der Waals surface area contributed by atoms with Gasteiger partial charge in [0.15, 0.2) is 0 Å². The first-order chi connectivity index (χ1) is 17.1. The number of aryl methyl sites for hydroxylation is 2. The minimum atomic E-state index is 0.531. The first-order valence-electron chi connectivity index (χ1n) is 11.5. The lowest BCUT2D eigenvalue weighted by Crippen LogP contribution is -2.11. The number of hydrogen-bond donors (Lipinski definition) is 2. The third-order valence-corrected chi connectivity index (χ3v) is 7.09. The summed E-state index contributed by atoms with van der Waals surface area (Å²) in [6, 6.07) is 23.2. The van der Waals surface area contributed by atoms with Crippen molar-refractivity contribution in [1.82, 2.24) is 15.3 Å². The zero-order valence-electron chi connectivity index (χ0n) is 19.7. The van der Waals surface area contributed by atoms with Gasteiger partial charge in [0.25, 0.3) is 0 Å². The second kappa shape index (κ2) is 10.1. The van der Waals surface area contributed by atoms with E-state index in [1.165, 1.54) is 20.9 Å². The Kier molecular flexibility index (Phi) is 6.53. The third-order valence-electron chi connectivity index (χ3n) is 5.96. The highest BCUT2D eigenvalue weighted by molar-refractivity contribution is 7.15. The Morgan fingerprint density at radius 1 is 0.943 bits per heavy atom. The monoisotopic (exact) mass is 475 g/mol. The van der Waals surface area contributed by atoms with Gasteiger partial charge in [0.05, 0.1) is 16.8 Å². The number of anilines is 2. The molecule has 2 aromatic carbocycles. The lowest BCUT2D eigenvalue weighted by molar-refractivity contribution is 0.700. The van der Waals surface area contributed by atoms with E-state index in [-0.39, 0.29) is 0 Å². The van der Waals surface area contributed by atoms with E-state index in [0.29, 0.717) is 5.56 Å². The van der Waals surface area contributed by atoms with E-state index >= 15 is 0 Å². The predicted molar refractivity (Wildman–Crippen MR) is 144 cm³/mol. The van der Waals surface area contributed by atoms with Crippen LogP contribution >= 0.6 is 11.3 Å². The van der Waals surface area contributed by atoms with Gasteiger partial charge in [0.2, 0.25) is 0 Å². The van der Waals surface area contributed by atoms with E-state index in [1.54, 1.807) is 17.5 Å². The van der Waals surface area contributed by atoms with Crippen molar-refractivity contribution < 1.29 is 0 Å². The van der Waals surface area contributed by atoms with Crippen LogP contribution in [0, 0.1) is 25.2 Å². The molecule has 5 nitrogen and oxygen atoms in total. The Bertz CT molecular complexity index is 1530. The molecule has 3 aromatic heterocycles. The molecule has 0 fully saturated rings. The summed E-state index contributed by atoms with van der Waals surface area (Å²) in [4.78, 5) is 11.1. The van der Waals surface area contributed by atoms with Crippen LogP contribution < -0.4 is 10.6 Å². The average molecular weight is 476 g/mol. The maximum atomic E-state index is 9.71. The van der Waals surface area contributed by atoms with E-state index in [2.05, 4.69) is 89.0 Å². The van der Waals surface area contributed by atoms with Crippen LogP contribution in [0.15, 0.2) is 79.3 Å². The number of aromatic nitrogens is 2. The van der Waals surface area contributed by atoms with E-state index in [9.17, 15) is 5.26 Å². The summed E-state index contributed by atoms with van der Waals surface area (Å²) >= 11 is 1.78. The topological polar surface area (TPSA) is 73.6 Å². The number of rotatable bonds is 7. The summed E-state index contributed by atoms with van der Waals surface area (Å²) in [5, 5.41) is 17.6. The van der Waals surface area contributed by atoms with Crippen LogP contribution in [0.3, 0.4) is 0 Å². The first-order valence-corrected chi connectivity index (χ1v) is 12.3. The van der Waals surface area contributed by atoms with Gasteiger partial charge in [-0.1, -0.05) is 29.8 Å². The molecule has 3 heterocycles. The highest BCUT2D eigenvalue weighted by Gasteiger charge is 2.12. The maximum Gasteiger partial charge on any atom is 0.103 e. The lowest BCUT2D eigenvalue weighted by Gasteiger charge is -2.14. The number of nitrogens with one attached hydrogen (secondary N) is 2. The molecule has 0 radical (unpaired) electrons. The molecule has 0 saturated heterocycles. The quantitative estimate of drug-likeness (QED) is 0.268. The molecule has 0 aliphatic carbocycles. The molecule has 6 heteroatoms. The van der Waals surface area contributed by atoms with E-state index in [1.807, 2.05) is 24.5 Å². The van der Waals surface area contributed by atoms with Crippen molar-refractivity contribution in [2.45, 2.75) is 26.9 Å². The Morgan fingerprint density at radius 3 is 2.60 bits per heavy atom. The van der Waals surface area contributed by atoms with Crippen molar-refractivity contribution in [1.29, 1.82) is 5.26 Å². The summed E-state index contributed by atoms with van der Waals surface area (Å²) < 4.78 is 0. The minimum absolute atomic E-state index is 0.531. The fraction of sp³-hybridized carbons (Fsp3) is 0.138. The van der Waals surface area contributed by atoms with Crippen LogP contribution in [0.2, 0.25) is 0 Å². The van der Waals surface area contributed by atoms with Crippen molar-refractivity contribution in [3.05, 3.63) is 106 Å². The van der Waals surface area contributed by atoms with Crippen molar-refractivity contribution in [2.24, 2.45) is 0 Å². The van der Waals surface area contributed by atoms with Gasteiger partial charge in [0.1, 0.15) is 6.07 Å². The average Bonchev–Trinajstić information content (AvgIpc) is 3.35. The molecule has 0 unspecified atom stereocenters. The number of nitrogens with zero attached hydrogens (tertiary/aromatic N) is 3. The molecular weight excluding hydrogens is 450 g/mol. The summed E-state index contributed by atoms with van der Waals surface area (Å²) in [6.07, 6.45) is 5.29. The van der Waals surface area contributed by atoms with Gasteiger partial charge in [-0.15, -0.1) is 11.3 Å². The number of nitriles is 1. The second-order valence-corrected chi connectivity index (χ2v) is 9.73. The number of benzene rings is 2. The van der Waals surface area contributed by atoms with Crippen molar-refractivity contribution in [3.8, 4) is 16.5 Å². The third kappa shape index (κ3) is 5.07. The summed E-state index contributed by atoms with van der Waals surface area (Å²) in [6.45, 7) is 5.78. The Morgan fingerprint density at radius 2 is 1.80 bits per heavy atom. The molecule has 0 atom stereocenters. The molecule has 5 aromatic rings. The van der Waals surface area contributed by atoms with Gasteiger partial charge >= 0.3 is 0 Å². The maximum absolute atomic E-state index is 9.71. The fourth-order valence-corrected chi connectivity index (χ4v) is 5.09. The van der Waals surface area contributed by atoms with Crippen molar-refractivity contribution in [3.63, 3.8) is 0 Å². The summed E-state index contributed by atoms with van der Waals surface area (Å²) in [5.74, 6) is 0. The van der Waals surface area contributed by atoms with E-state index in [0.717, 1.165) is 46.5 Å². The molecule has 0 aliphatic rings. The Hall–Kier alpha value is -4.05. The molecule has 0 saturated carbocycles. The molecule has 0 spiro atoms. The van der Waals surface area contributed by atoms with Gasteiger partial charge in [-0.25, -0.2) is 0 Å². The Balaban J connectivity index is 1.39. The standard InChI is InChI=1S/C29H25N5S/c1-19-3-7-26(20(2)13-19)34-29-23(15-30)17-33-27-14-22(4-6-25(27)29)28-8-5-24(35-28)18-32-16-21-9-11-31-12-10-21/h3-14,17,32H,16,18H2,1-2H3,(H,33,34). The molecule has 172 valence electrons. The van der Waals surface area contributed by atoms with Gasteiger partial charge in [0, 0.05) is 52.5 Å². The number of hydrogen-bond acceptors (Lipinski definition) is 6. The fourth-order valence-electron chi connectivity index (χ4n) is 4.11. The SMILES string of the molecule is Cc1ccc(Nc2c(C#N)cnc3cc(-c4ccc(CNCc5ccncc5)s4)ccc23)c(C)c1. The molecule has 0 amide bonds. The predicted octanol–water partition coefficient (Wildman–Crippen LogP) is 6.88. The molecule has 5 rings (SSSR count). The van der Waals surface area contributed by atoms with Crippen LogP contribution in [0.25, 0.3) is 21.3 Å². The highest BCUT2D eigenvalue weighted by Crippen LogP contribution is 2.34. The number of fused-ring (bicyclic) bond motifs is 1. The minimum Gasteiger partial charge on any atom is -0.354 e. The Labute approximate surface area is 209 Å². The van der Waals surface area contributed by atoms with Crippen LogP contribution in [0.5, 0.6) is 0 Å². The van der Waals surface area contributed by atoms with Gasteiger partial charge in [-0.05, 0) is 66.9 Å². The van der Waals surface area contributed by atoms with Crippen molar-refractivity contribution in [2.75, 3.05) is 5.32 Å². The molecule has 0 aliphatic heterocycles. The zero-order valence-corrected chi connectivity index (χ0v) is 20.5. The van der Waals surface area contributed by atoms with Gasteiger partial charge in [-0.3, -0.25) is 9.97 Å². The number of pyridine rings is 2. The lowest BCUT2D eigenvalue weighted by atomic mass is 10.0.